The largest absolute Gasteiger partial charge is 0.477 e. The molecule has 3 rings (SSSR count). The lowest BCUT2D eigenvalue weighted by Crippen LogP contribution is -2.23. The van der Waals surface area contributed by atoms with Gasteiger partial charge in [-0.2, -0.15) is 5.10 Å². The Morgan fingerprint density at radius 2 is 2.00 bits per heavy atom. The Bertz CT molecular complexity index is 535. The molecule has 0 radical (unpaired) electrons. The van der Waals surface area contributed by atoms with E-state index in [1.807, 2.05) is 0 Å². The first-order valence-electron chi connectivity index (χ1n) is 7.27. The van der Waals surface area contributed by atoms with E-state index in [1.165, 1.54) is 4.68 Å². The molecular formula is C14H18F2N2O3. The maximum Gasteiger partial charge on any atom is 0.354 e. The summed E-state index contributed by atoms with van der Waals surface area (Å²) in [5.74, 6) is -1.09. The molecule has 116 valence electrons. The predicted octanol–water partition coefficient (Wildman–Crippen LogP) is 2.82. The zero-order chi connectivity index (χ0) is 15.0. The fraction of sp³-hybridized carbons (Fsp3) is 0.714. The number of ether oxygens (including phenoxy) is 1. The van der Waals surface area contributed by atoms with Gasteiger partial charge in [-0.3, -0.25) is 4.68 Å². The number of halogens is 2. The molecule has 1 saturated heterocycles. The maximum atomic E-state index is 13.3. The van der Waals surface area contributed by atoms with Gasteiger partial charge in [-0.25, -0.2) is 13.6 Å². The molecule has 1 saturated carbocycles. The number of aromatic nitrogens is 2. The zero-order valence-electron chi connectivity index (χ0n) is 11.6. The summed E-state index contributed by atoms with van der Waals surface area (Å²) in [5.41, 5.74) is -0.426. The molecule has 2 heterocycles. The Kier molecular flexibility index (Phi) is 3.93. The SMILES string of the molecule is O=C(O)c1c(C(F)F)c(C2CC2)nn1CC1CCOCC1. The molecule has 0 spiro atoms. The van der Waals surface area contributed by atoms with Crippen LogP contribution >= 0.6 is 0 Å². The number of alkyl halides is 2. The molecule has 2 fully saturated rings. The molecule has 0 unspecified atom stereocenters. The predicted molar refractivity (Wildman–Crippen MR) is 69.7 cm³/mol. The third-order valence-electron chi connectivity index (χ3n) is 4.17. The van der Waals surface area contributed by atoms with Crippen molar-refractivity contribution in [3.63, 3.8) is 0 Å². The number of hydrogen-bond acceptors (Lipinski definition) is 3. The molecular weight excluding hydrogens is 282 g/mol. The van der Waals surface area contributed by atoms with Gasteiger partial charge >= 0.3 is 5.97 Å². The Labute approximate surface area is 120 Å². The molecule has 0 bridgehead atoms. The Morgan fingerprint density at radius 3 is 2.52 bits per heavy atom. The summed E-state index contributed by atoms with van der Waals surface area (Å²) in [6.07, 6.45) is 0.443. The van der Waals surface area contributed by atoms with Gasteiger partial charge in [-0.15, -0.1) is 0 Å². The van der Waals surface area contributed by atoms with Crippen molar-refractivity contribution >= 4 is 5.97 Å². The first-order chi connectivity index (χ1) is 10.1. The summed E-state index contributed by atoms with van der Waals surface area (Å²) < 4.78 is 33.1. The molecule has 21 heavy (non-hydrogen) atoms. The first kappa shape index (κ1) is 14.4. The summed E-state index contributed by atoms with van der Waals surface area (Å²) in [7, 11) is 0. The van der Waals surface area contributed by atoms with Gasteiger partial charge < -0.3 is 9.84 Å². The second-order valence-electron chi connectivity index (χ2n) is 5.77. The molecule has 7 heteroatoms. The van der Waals surface area contributed by atoms with Crippen LogP contribution in [-0.2, 0) is 11.3 Å². The standard InChI is InChI=1S/C14H18F2N2O3/c15-13(16)10-11(9-1-2-9)17-18(12(10)14(19)20)7-8-3-5-21-6-4-8/h8-9,13H,1-7H2,(H,19,20). The minimum atomic E-state index is -2.80. The van der Waals surface area contributed by atoms with Crippen LogP contribution in [0.2, 0.25) is 0 Å². The van der Waals surface area contributed by atoms with Crippen LogP contribution in [-0.4, -0.2) is 34.1 Å². The fourth-order valence-corrected chi connectivity index (χ4v) is 2.90. The van der Waals surface area contributed by atoms with Gasteiger partial charge in [0.25, 0.3) is 6.43 Å². The van der Waals surface area contributed by atoms with Crippen LogP contribution in [0.4, 0.5) is 8.78 Å². The Balaban J connectivity index is 1.94. The number of hydrogen-bond donors (Lipinski definition) is 1. The van der Waals surface area contributed by atoms with E-state index in [0.29, 0.717) is 19.8 Å². The van der Waals surface area contributed by atoms with Crippen molar-refractivity contribution in [2.45, 2.75) is 44.6 Å². The second kappa shape index (κ2) is 5.71. The fourth-order valence-electron chi connectivity index (χ4n) is 2.90. The number of aromatic carboxylic acids is 1. The van der Waals surface area contributed by atoms with Crippen LogP contribution in [0.25, 0.3) is 0 Å². The Hall–Kier alpha value is -1.50. The van der Waals surface area contributed by atoms with E-state index >= 15 is 0 Å². The first-order valence-corrected chi connectivity index (χ1v) is 7.27. The van der Waals surface area contributed by atoms with Gasteiger partial charge in [0.1, 0.15) is 0 Å². The van der Waals surface area contributed by atoms with Crippen molar-refractivity contribution in [2.24, 2.45) is 5.92 Å². The van der Waals surface area contributed by atoms with Crippen LogP contribution in [0.5, 0.6) is 0 Å². The summed E-state index contributed by atoms with van der Waals surface area (Å²) in [6.45, 7) is 1.63. The highest BCUT2D eigenvalue weighted by molar-refractivity contribution is 5.88. The van der Waals surface area contributed by atoms with Crippen molar-refractivity contribution in [1.29, 1.82) is 0 Å². The molecule has 5 nitrogen and oxygen atoms in total. The van der Waals surface area contributed by atoms with Crippen LogP contribution < -0.4 is 0 Å². The van der Waals surface area contributed by atoms with Crippen molar-refractivity contribution < 1.29 is 23.4 Å². The van der Waals surface area contributed by atoms with E-state index in [9.17, 15) is 18.7 Å². The summed E-state index contributed by atoms with van der Waals surface area (Å²) >= 11 is 0. The molecule has 1 aromatic rings. The van der Waals surface area contributed by atoms with Crippen molar-refractivity contribution in [3.05, 3.63) is 17.0 Å². The highest BCUT2D eigenvalue weighted by atomic mass is 19.3. The second-order valence-corrected chi connectivity index (χ2v) is 5.77. The lowest BCUT2D eigenvalue weighted by molar-refractivity contribution is 0.0575. The van der Waals surface area contributed by atoms with Crippen LogP contribution in [0.3, 0.4) is 0 Å². The number of rotatable bonds is 5. The van der Waals surface area contributed by atoms with Gasteiger partial charge in [0.05, 0.1) is 11.3 Å². The van der Waals surface area contributed by atoms with Crippen LogP contribution in [0.1, 0.15) is 59.8 Å². The number of carboxylic acids is 1. The lowest BCUT2D eigenvalue weighted by atomic mass is 10.0. The zero-order valence-corrected chi connectivity index (χ0v) is 11.6. The summed E-state index contributed by atoms with van der Waals surface area (Å²) in [5, 5.41) is 13.5. The van der Waals surface area contributed by atoms with E-state index in [0.717, 1.165) is 25.7 Å². The van der Waals surface area contributed by atoms with Crippen molar-refractivity contribution in [2.75, 3.05) is 13.2 Å². The van der Waals surface area contributed by atoms with Gasteiger partial charge in [0, 0.05) is 25.7 Å². The molecule has 1 N–H and O–H groups in total. The van der Waals surface area contributed by atoms with Crippen LogP contribution in [0.15, 0.2) is 0 Å². The number of carbonyl (C=O) groups is 1. The van der Waals surface area contributed by atoms with E-state index in [-0.39, 0.29) is 28.8 Å². The minimum absolute atomic E-state index is 0.00281. The van der Waals surface area contributed by atoms with Gasteiger partial charge in [-0.05, 0) is 31.6 Å². The average Bonchev–Trinajstić information content (AvgIpc) is 3.21. The summed E-state index contributed by atoms with van der Waals surface area (Å²) in [6, 6.07) is 0. The average molecular weight is 300 g/mol. The molecule has 2 aliphatic rings. The monoisotopic (exact) mass is 300 g/mol. The normalized spacial score (nSPS) is 20.1. The maximum absolute atomic E-state index is 13.3. The van der Waals surface area contributed by atoms with Crippen molar-refractivity contribution in [1.82, 2.24) is 9.78 Å². The highest BCUT2D eigenvalue weighted by Crippen LogP contribution is 2.44. The minimum Gasteiger partial charge on any atom is -0.477 e. The molecule has 0 aromatic carbocycles. The van der Waals surface area contributed by atoms with E-state index < -0.39 is 12.4 Å². The van der Waals surface area contributed by atoms with E-state index in [1.54, 1.807) is 0 Å². The van der Waals surface area contributed by atoms with Crippen molar-refractivity contribution in [3.8, 4) is 0 Å². The van der Waals surface area contributed by atoms with Gasteiger partial charge in [-0.1, -0.05) is 0 Å². The van der Waals surface area contributed by atoms with Crippen LogP contribution in [0, 0.1) is 5.92 Å². The van der Waals surface area contributed by atoms with Gasteiger partial charge in [0.15, 0.2) is 5.69 Å². The number of nitrogens with zero attached hydrogens (tertiary/aromatic N) is 2. The molecule has 1 aromatic heterocycles. The lowest BCUT2D eigenvalue weighted by Gasteiger charge is -2.22. The number of carboxylic acid groups (broad SMARTS) is 1. The molecule has 0 atom stereocenters. The van der Waals surface area contributed by atoms with Gasteiger partial charge in [0.2, 0.25) is 0 Å². The Morgan fingerprint density at radius 1 is 1.33 bits per heavy atom. The summed E-state index contributed by atoms with van der Waals surface area (Å²) in [4.78, 5) is 11.4. The highest BCUT2D eigenvalue weighted by Gasteiger charge is 2.37. The third kappa shape index (κ3) is 2.92. The smallest absolute Gasteiger partial charge is 0.354 e. The molecule has 1 aliphatic carbocycles. The van der Waals surface area contributed by atoms with E-state index in [2.05, 4.69) is 5.10 Å². The molecule has 1 aliphatic heterocycles. The third-order valence-corrected chi connectivity index (χ3v) is 4.17. The topological polar surface area (TPSA) is 64.3 Å². The molecule has 0 amide bonds. The van der Waals surface area contributed by atoms with E-state index in [4.69, 9.17) is 4.74 Å². The quantitative estimate of drug-likeness (QED) is 0.908.